The van der Waals surface area contributed by atoms with E-state index >= 15 is 0 Å². The van der Waals surface area contributed by atoms with Crippen LogP contribution in [0, 0.1) is 0 Å². The van der Waals surface area contributed by atoms with Crippen LogP contribution >= 0.6 is 0 Å². The van der Waals surface area contributed by atoms with Gasteiger partial charge < -0.3 is 15.0 Å². The fraction of sp³-hybridized carbons (Fsp3) is 0.333. The predicted octanol–water partition coefficient (Wildman–Crippen LogP) is 3.70. The Morgan fingerprint density at radius 1 is 1.04 bits per heavy atom. The average molecular weight is 350 g/mol. The summed E-state index contributed by atoms with van der Waals surface area (Å²) in [7, 11) is 0. The maximum Gasteiger partial charge on any atom is 0.410 e. The number of piperidine rings is 1. The minimum Gasteiger partial charge on any atom is -0.445 e. The Morgan fingerprint density at radius 3 is 2.50 bits per heavy atom. The molecular formula is C21H22N2O3. The Morgan fingerprint density at radius 2 is 1.73 bits per heavy atom. The van der Waals surface area contributed by atoms with E-state index in [-0.39, 0.29) is 24.0 Å². The van der Waals surface area contributed by atoms with Gasteiger partial charge in [-0.1, -0.05) is 48.5 Å². The normalized spacial score (nSPS) is 18.2. The summed E-state index contributed by atoms with van der Waals surface area (Å²) in [6.45, 7) is 1.50. The molecule has 0 atom stereocenters. The number of anilines is 1. The summed E-state index contributed by atoms with van der Waals surface area (Å²) in [4.78, 5) is 26.3. The number of hydrogen-bond acceptors (Lipinski definition) is 3. The number of nitrogens with zero attached hydrogens (tertiary/aromatic N) is 1. The molecule has 26 heavy (non-hydrogen) atoms. The molecular weight excluding hydrogens is 328 g/mol. The molecule has 1 fully saturated rings. The summed E-state index contributed by atoms with van der Waals surface area (Å²) >= 11 is 0. The van der Waals surface area contributed by atoms with Crippen LogP contribution in [0.1, 0.15) is 30.4 Å². The Balaban J connectivity index is 1.41. The number of ether oxygens (including phenoxy) is 1. The lowest BCUT2D eigenvalue weighted by atomic mass is 9.68. The molecule has 2 aromatic carbocycles. The molecule has 0 radical (unpaired) electrons. The number of hydrogen-bond donors (Lipinski definition) is 1. The smallest absolute Gasteiger partial charge is 0.410 e. The minimum absolute atomic E-state index is 0.0591. The Labute approximate surface area is 153 Å². The van der Waals surface area contributed by atoms with E-state index in [9.17, 15) is 9.59 Å². The number of amides is 2. The second kappa shape index (κ2) is 6.83. The average Bonchev–Trinajstić information content (AvgIpc) is 2.67. The van der Waals surface area contributed by atoms with E-state index in [2.05, 4.69) is 11.4 Å². The molecule has 2 amide bonds. The van der Waals surface area contributed by atoms with Gasteiger partial charge in [-0.15, -0.1) is 0 Å². The SMILES string of the molecule is O=C1CC2(CCN(C(=O)OCc3ccccc3)CC2)c2ccccc2N1. The Bertz CT molecular complexity index is 811. The molecule has 5 nitrogen and oxygen atoms in total. The summed E-state index contributed by atoms with van der Waals surface area (Å²) < 4.78 is 5.44. The number of para-hydroxylation sites is 1. The third-order valence-electron chi connectivity index (χ3n) is 5.46. The highest BCUT2D eigenvalue weighted by Gasteiger charge is 2.43. The molecule has 5 heteroatoms. The molecule has 0 aliphatic carbocycles. The number of carbonyl (C=O) groups is 2. The van der Waals surface area contributed by atoms with E-state index < -0.39 is 0 Å². The van der Waals surface area contributed by atoms with Crippen molar-refractivity contribution in [1.82, 2.24) is 4.90 Å². The number of rotatable bonds is 2. The van der Waals surface area contributed by atoms with Crippen molar-refractivity contribution in [3.63, 3.8) is 0 Å². The maximum absolute atomic E-state index is 12.4. The summed E-state index contributed by atoms with van der Waals surface area (Å²) in [5.74, 6) is 0.0591. The molecule has 1 saturated heterocycles. The molecule has 4 rings (SSSR count). The van der Waals surface area contributed by atoms with Crippen molar-refractivity contribution in [3.8, 4) is 0 Å². The van der Waals surface area contributed by atoms with E-state index in [1.807, 2.05) is 48.5 Å². The first-order valence-electron chi connectivity index (χ1n) is 9.01. The van der Waals surface area contributed by atoms with Gasteiger partial charge in [0.15, 0.2) is 0 Å². The van der Waals surface area contributed by atoms with Crippen molar-refractivity contribution in [2.45, 2.75) is 31.3 Å². The van der Waals surface area contributed by atoms with Crippen molar-refractivity contribution < 1.29 is 14.3 Å². The summed E-state index contributed by atoms with van der Waals surface area (Å²) in [6.07, 6.45) is 1.75. The maximum atomic E-state index is 12.4. The second-order valence-electron chi connectivity index (χ2n) is 7.08. The Hall–Kier alpha value is -2.82. The molecule has 2 aliphatic rings. The van der Waals surface area contributed by atoms with Crippen LogP contribution in [0.2, 0.25) is 0 Å². The molecule has 134 valence electrons. The van der Waals surface area contributed by atoms with E-state index in [4.69, 9.17) is 4.74 Å². The van der Waals surface area contributed by atoms with Crippen LogP contribution in [0.15, 0.2) is 54.6 Å². The largest absolute Gasteiger partial charge is 0.445 e. The van der Waals surface area contributed by atoms with Gasteiger partial charge in [0.2, 0.25) is 5.91 Å². The molecule has 2 aromatic rings. The van der Waals surface area contributed by atoms with Crippen molar-refractivity contribution in [2.24, 2.45) is 0 Å². The number of carbonyl (C=O) groups excluding carboxylic acids is 2. The molecule has 2 aliphatic heterocycles. The zero-order valence-corrected chi connectivity index (χ0v) is 14.6. The van der Waals surface area contributed by atoms with Crippen LogP contribution in [0.4, 0.5) is 10.5 Å². The number of nitrogens with one attached hydrogen (secondary N) is 1. The van der Waals surface area contributed by atoms with Crippen LogP contribution in [0.25, 0.3) is 0 Å². The number of benzene rings is 2. The number of fused-ring (bicyclic) bond motifs is 2. The van der Waals surface area contributed by atoms with Gasteiger partial charge in [-0.3, -0.25) is 4.79 Å². The van der Waals surface area contributed by atoms with Gasteiger partial charge >= 0.3 is 6.09 Å². The lowest BCUT2D eigenvalue weighted by molar-refractivity contribution is -0.118. The fourth-order valence-electron chi connectivity index (χ4n) is 4.03. The lowest BCUT2D eigenvalue weighted by Gasteiger charge is -2.44. The van der Waals surface area contributed by atoms with E-state index in [1.54, 1.807) is 4.90 Å². The van der Waals surface area contributed by atoms with Crippen molar-refractivity contribution >= 4 is 17.7 Å². The summed E-state index contributed by atoms with van der Waals surface area (Å²) in [5, 5.41) is 2.96. The molecule has 0 unspecified atom stereocenters. The predicted molar refractivity (Wildman–Crippen MR) is 98.8 cm³/mol. The van der Waals surface area contributed by atoms with Crippen molar-refractivity contribution in [1.29, 1.82) is 0 Å². The first-order chi connectivity index (χ1) is 12.7. The topological polar surface area (TPSA) is 58.6 Å². The highest BCUT2D eigenvalue weighted by Crippen LogP contribution is 2.44. The second-order valence-corrected chi connectivity index (χ2v) is 7.08. The van der Waals surface area contributed by atoms with Crippen LogP contribution in [-0.2, 0) is 21.6 Å². The van der Waals surface area contributed by atoms with Crippen molar-refractivity contribution in [3.05, 3.63) is 65.7 Å². The van der Waals surface area contributed by atoms with Crippen LogP contribution in [-0.4, -0.2) is 30.0 Å². The molecule has 0 saturated carbocycles. The molecule has 0 bridgehead atoms. The van der Waals surface area contributed by atoms with Crippen LogP contribution in [0.3, 0.4) is 0 Å². The van der Waals surface area contributed by atoms with Gasteiger partial charge in [0.1, 0.15) is 6.61 Å². The van der Waals surface area contributed by atoms with E-state index in [1.165, 1.54) is 5.56 Å². The molecule has 0 aromatic heterocycles. The Kier molecular flexibility index (Phi) is 4.37. The summed E-state index contributed by atoms with van der Waals surface area (Å²) in [6, 6.07) is 17.7. The van der Waals surface area contributed by atoms with Gasteiger partial charge in [-0.25, -0.2) is 4.79 Å². The van der Waals surface area contributed by atoms with Gasteiger partial charge in [0.25, 0.3) is 0 Å². The quantitative estimate of drug-likeness (QED) is 0.898. The molecule has 2 heterocycles. The van der Waals surface area contributed by atoms with Gasteiger partial charge in [0.05, 0.1) is 0 Å². The van der Waals surface area contributed by atoms with Crippen LogP contribution < -0.4 is 5.32 Å². The number of likely N-dealkylation sites (tertiary alicyclic amines) is 1. The first-order valence-corrected chi connectivity index (χ1v) is 9.01. The third kappa shape index (κ3) is 3.17. The summed E-state index contributed by atoms with van der Waals surface area (Å²) in [5.41, 5.74) is 2.91. The van der Waals surface area contributed by atoms with E-state index in [0.29, 0.717) is 19.5 Å². The van der Waals surface area contributed by atoms with Gasteiger partial charge in [-0.2, -0.15) is 0 Å². The first kappa shape index (κ1) is 16.6. The lowest BCUT2D eigenvalue weighted by Crippen LogP contribution is -2.48. The van der Waals surface area contributed by atoms with E-state index in [0.717, 1.165) is 24.1 Å². The van der Waals surface area contributed by atoms with Crippen LogP contribution in [0.5, 0.6) is 0 Å². The fourth-order valence-corrected chi connectivity index (χ4v) is 4.03. The minimum atomic E-state index is -0.280. The molecule has 1 spiro atoms. The third-order valence-corrected chi connectivity index (χ3v) is 5.46. The van der Waals surface area contributed by atoms with Gasteiger partial charge in [0, 0.05) is 30.6 Å². The molecule has 1 N–H and O–H groups in total. The van der Waals surface area contributed by atoms with Gasteiger partial charge in [-0.05, 0) is 30.0 Å². The standard InChI is InChI=1S/C21H22N2O3/c24-19-14-21(17-8-4-5-9-18(17)22-19)10-12-23(13-11-21)20(25)26-15-16-6-2-1-3-7-16/h1-9H,10-15H2,(H,22,24). The van der Waals surface area contributed by atoms with Crippen molar-refractivity contribution in [2.75, 3.05) is 18.4 Å². The monoisotopic (exact) mass is 350 g/mol. The zero-order valence-electron chi connectivity index (χ0n) is 14.6. The highest BCUT2D eigenvalue weighted by molar-refractivity contribution is 5.95. The highest BCUT2D eigenvalue weighted by atomic mass is 16.6. The zero-order chi connectivity index (χ0) is 18.0.